The Morgan fingerprint density at radius 2 is 1.95 bits per heavy atom. The van der Waals surface area contributed by atoms with Gasteiger partial charge in [-0.15, -0.1) is 12.4 Å². The zero-order valence-corrected chi connectivity index (χ0v) is 13.1. The molecule has 1 aliphatic carbocycles. The first kappa shape index (κ1) is 17.0. The summed E-state index contributed by atoms with van der Waals surface area (Å²) in [5.74, 6) is 0.871. The summed E-state index contributed by atoms with van der Waals surface area (Å²) in [6, 6.07) is 10.7. The summed E-state index contributed by atoms with van der Waals surface area (Å²) in [5.41, 5.74) is 1.31. The lowest BCUT2D eigenvalue weighted by molar-refractivity contribution is -0.125. The fraction of sp³-hybridized carbons (Fsp3) is 0.562. The molecule has 2 unspecified atom stereocenters. The Morgan fingerprint density at radius 3 is 2.50 bits per heavy atom. The summed E-state index contributed by atoms with van der Waals surface area (Å²) in [7, 11) is 1.88. The molecule has 1 aromatic carbocycles. The third-order valence-electron chi connectivity index (χ3n) is 3.78. The molecule has 0 spiro atoms. The highest BCUT2D eigenvalue weighted by atomic mass is 35.5. The molecule has 1 saturated carbocycles. The van der Waals surface area contributed by atoms with Crippen LogP contribution in [0.4, 0.5) is 0 Å². The molecule has 112 valence electrons. The van der Waals surface area contributed by atoms with Crippen molar-refractivity contribution in [3.63, 3.8) is 0 Å². The van der Waals surface area contributed by atoms with Crippen LogP contribution in [0.25, 0.3) is 0 Å². The molecule has 0 saturated heterocycles. The van der Waals surface area contributed by atoms with Gasteiger partial charge in [-0.2, -0.15) is 0 Å². The monoisotopic (exact) mass is 296 g/mol. The molecule has 2 rings (SSSR count). The molecule has 1 aromatic rings. The lowest BCUT2D eigenvalue weighted by Gasteiger charge is -2.21. The van der Waals surface area contributed by atoms with Crippen molar-refractivity contribution in [2.75, 3.05) is 13.6 Å². The van der Waals surface area contributed by atoms with Crippen LogP contribution in [0.15, 0.2) is 30.3 Å². The number of nitrogens with one attached hydrogen (secondary N) is 2. The Morgan fingerprint density at radius 1 is 1.30 bits per heavy atom. The van der Waals surface area contributed by atoms with Gasteiger partial charge in [0.15, 0.2) is 0 Å². The van der Waals surface area contributed by atoms with Gasteiger partial charge in [0.1, 0.15) is 0 Å². The van der Waals surface area contributed by atoms with Gasteiger partial charge < -0.3 is 10.6 Å². The van der Waals surface area contributed by atoms with Gasteiger partial charge in [-0.1, -0.05) is 37.3 Å². The molecule has 1 amide bonds. The maximum absolute atomic E-state index is 12.1. The molecule has 0 radical (unpaired) electrons. The van der Waals surface area contributed by atoms with E-state index in [4.69, 9.17) is 0 Å². The number of amides is 1. The molecule has 0 heterocycles. The zero-order chi connectivity index (χ0) is 13.7. The third-order valence-corrected chi connectivity index (χ3v) is 3.78. The Labute approximate surface area is 127 Å². The lowest BCUT2D eigenvalue weighted by atomic mass is 10.0. The summed E-state index contributed by atoms with van der Waals surface area (Å²) in [4.78, 5) is 12.1. The van der Waals surface area contributed by atoms with Crippen LogP contribution >= 0.6 is 12.4 Å². The quantitative estimate of drug-likeness (QED) is 0.811. The second-order valence-electron chi connectivity index (χ2n) is 5.60. The molecule has 3 nitrogen and oxygen atoms in total. The molecular weight excluding hydrogens is 272 g/mol. The van der Waals surface area contributed by atoms with E-state index in [-0.39, 0.29) is 24.2 Å². The highest BCUT2D eigenvalue weighted by Gasteiger charge is 2.32. The van der Waals surface area contributed by atoms with E-state index in [0.29, 0.717) is 12.0 Å². The van der Waals surface area contributed by atoms with Crippen molar-refractivity contribution in [2.45, 2.75) is 32.2 Å². The first-order chi connectivity index (χ1) is 9.20. The molecule has 2 atom stereocenters. The van der Waals surface area contributed by atoms with Gasteiger partial charge >= 0.3 is 0 Å². The maximum Gasteiger partial charge on any atom is 0.224 e. The van der Waals surface area contributed by atoms with E-state index in [9.17, 15) is 4.79 Å². The standard InChI is InChI=1S/C16H24N2O.ClH/c1-12(11-17-2)16(19)18-15(14-8-9-14)10-13-6-4-3-5-7-13;/h3-7,12,14-15,17H,8-11H2,1-2H3,(H,18,19);1H. The molecule has 1 fully saturated rings. The van der Waals surface area contributed by atoms with Crippen LogP contribution in [-0.4, -0.2) is 25.5 Å². The minimum Gasteiger partial charge on any atom is -0.352 e. The fourth-order valence-corrected chi connectivity index (χ4v) is 2.43. The van der Waals surface area contributed by atoms with Crippen molar-refractivity contribution < 1.29 is 4.79 Å². The Kier molecular flexibility index (Phi) is 7.03. The first-order valence-corrected chi connectivity index (χ1v) is 7.19. The number of benzene rings is 1. The molecule has 20 heavy (non-hydrogen) atoms. The third kappa shape index (κ3) is 5.14. The van der Waals surface area contributed by atoms with Crippen LogP contribution in [0.5, 0.6) is 0 Å². The Balaban J connectivity index is 0.00000200. The van der Waals surface area contributed by atoms with Crippen LogP contribution in [0.2, 0.25) is 0 Å². The number of hydrogen-bond donors (Lipinski definition) is 2. The van der Waals surface area contributed by atoms with Crippen LogP contribution in [-0.2, 0) is 11.2 Å². The predicted octanol–water partition coefficient (Wildman–Crippen LogP) is 2.40. The van der Waals surface area contributed by atoms with E-state index < -0.39 is 0 Å². The molecular formula is C16H25ClN2O. The number of carbonyl (C=O) groups excluding carboxylic acids is 1. The summed E-state index contributed by atoms with van der Waals surface area (Å²) in [6.07, 6.45) is 3.44. The fourth-order valence-electron chi connectivity index (χ4n) is 2.43. The normalized spacial score (nSPS) is 16.9. The van der Waals surface area contributed by atoms with Crippen molar-refractivity contribution in [3.8, 4) is 0 Å². The molecule has 1 aliphatic rings. The van der Waals surface area contributed by atoms with Gasteiger partial charge in [-0.25, -0.2) is 0 Å². The lowest BCUT2D eigenvalue weighted by Crippen LogP contribution is -2.42. The summed E-state index contributed by atoms with van der Waals surface area (Å²) in [6.45, 7) is 2.70. The highest BCUT2D eigenvalue weighted by molar-refractivity contribution is 5.85. The first-order valence-electron chi connectivity index (χ1n) is 7.19. The maximum atomic E-state index is 12.1. The van der Waals surface area contributed by atoms with E-state index >= 15 is 0 Å². The van der Waals surface area contributed by atoms with Gasteiger partial charge in [0.05, 0.1) is 0 Å². The zero-order valence-electron chi connectivity index (χ0n) is 12.3. The van der Waals surface area contributed by atoms with Gasteiger partial charge in [0, 0.05) is 18.5 Å². The van der Waals surface area contributed by atoms with Crippen molar-refractivity contribution in [3.05, 3.63) is 35.9 Å². The van der Waals surface area contributed by atoms with E-state index in [1.807, 2.05) is 20.0 Å². The van der Waals surface area contributed by atoms with Gasteiger partial charge in [-0.3, -0.25) is 4.79 Å². The molecule has 0 bridgehead atoms. The molecule has 0 aliphatic heterocycles. The largest absolute Gasteiger partial charge is 0.352 e. The van der Waals surface area contributed by atoms with Gasteiger partial charge in [-0.05, 0) is 37.8 Å². The highest BCUT2D eigenvalue weighted by Crippen LogP contribution is 2.34. The van der Waals surface area contributed by atoms with E-state index in [1.54, 1.807) is 0 Å². The van der Waals surface area contributed by atoms with Gasteiger partial charge in [0.25, 0.3) is 0 Å². The molecule has 2 N–H and O–H groups in total. The van der Waals surface area contributed by atoms with Crippen LogP contribution in [0.3, 0.4) is 0 Å². The average Bonchev–Trinajstić information content (AvgIpc) is 3.23. The number of halogens is 1. The van der Waals surface area contributed by atoms with E-state index in [2.05, 4.69) is 34.9 Å². The molecule has 4 heteroatoms. The average molecular weight is 297 g/mol. The van der Waals surface area contributed by atoms with Gasteiger partial charge in [0.2, 0.25) is 5.91 Å². The SMILES string of the molecule is CNCC(C)C(=O)NC(Cc1ccccc1)C1CC1.Cl. The molecule has 0 aromatic heterocycles. The van der Waals surface area contributed by atoms with E-state index in [0.717, 1.165) is 13.0 Å². The van der Waals surface area contributed by atoms with Crippen molar-refractivity contribution in [1.29, 1.82) is 0 Å². The Hall–Kier alpha value is -1.06. The van der Waals surface area contributed by atoms with Crippen LogP contribution in [0.1, 0.15) is 25.3 Å². The predicted molar refractivity (Wildman–Crippen MR) is 85.1 cm³/mol. The number of carbonyl (C=O) groups is 1. The summed E-state index contributed by atoms with van der Waals surface area (Å²) >= 11 is 0. The smallest absolute Gasteiger partial charge is 0.224 e. The van der Waals surface area contributed by atoms with Crippen molar-refractivity contribution >= 4 is 18.3 Å². The number of hydrogen-bond acceptors (Lipinski definition) is 2. The van der Waals surface area contributed by atoms with E-state index in [1.165, 1.54) is 18.4 Å². The van der Waals surface area contributed by atoms with Crippen LogP contribution in [0, 0.1) is 11.8 Å². The second kappa shape index (κ2) is 8.28. The van der Waals surface area contributed by atoms with Crippen molar-refractivity contribution in [1.82, 2.24) is 10.6 Å². The van der Waals surface area contributed by atoms with Crippen molar-refractivity contribution in [2.24, 2.45) is 11.8 Å². The summed E-state index contributed by atoms with van der Waals surface area (Å²) < 4.78 is 0. The topological polar surface area (TPSA) is 41.1 Å². The minimum atomic E-state index is 0. The second-order valence-corrected chi connectivity index (χ2v) is 5.60. The summed E-state index contributed by atoms with van der Waals surface area (Å²) in [5, 5.41) is 6.29. The Bertz CT molecular complexity index is 406. The van der Waals surface area contributed by atoms with Crippen LogP contribution < -0.4 is 10.6 Å². The minimum absolute atomic E-state index is 0. The number of rotatable bonds is 7.